The van der Waals surface area contributed by atoms with Crippen LogP contribution in [0.5, 0.6) is 0 Å². The molecule has 0 aromatic heterocycles. The standard InChI is InChI=1S/C14H22N2O/c1-4-15-13(17)10-16-14(11(2)3)12-8-6-5-7-9-12/h5-9,11,14,16H,4,10H2,1-3H3,(H,15,17). The van der Waals surface area contributed by atoms with Gasteiger partial charge in [0.15, 0.2) is 0 Å². The van der Waals surface area contributed by atoms with Crippen LogP contribution in [0, 0.1) is 5.92 Å². The quantitative estimate of drug-likeness (QED) is 0.791. The maximum atomic E-state index is 11.4. The number of amides is 1. The van der Waals surface area contributed by atoms with Crippen molar-refractivity contribution in [1.29, 1.82) is 0 Å². The fourth-order valence-electron chi connectivity index (χ4n) is 1.86. The molecule has 17 heavy (non-hydrogen) atoms. The Labute approximate surface area is 104 Å². The van der Waals surface area contributed by atoms with Crippen LogP contribution in [0.4, 0.5) is 0 Å². The summed E-state index contributed by atoms with van der Waals surface area (Å²) in [5, 5.41) is 6.10. The Morgan fingerprint density at radius 1 is 1.24 bits per heavy atom. The zero-order valence-electron chi connectivity index (χ0n) is 10.9. The summed E-state index contributed by atoms with van der Waals surface area (Å²) < 4.78 is 0. The lowest BCUT2D eigenvalue weighted by molar-refractivity contribution is -0.120. The molecule has 3 heteroatoms. The largest absolute Gasteiger partial charge is 0.355 e. The van der Waals surface area contributed by atoms with E-state index in [1.165, 1.54) is 5.56 Å². The minimum atomic E-state index is 0.0501. The third-order valence-electron chi connectivity index (χ3n) is 2.68. The lowest BCUT2D eigenvalue weighted by Crippen LogP contribution is -2.37. The molecule has 0 radical (unpaired) electrons. The average molecular weight is 234 g/mol. The van der Waals surface area contributed by atoms with Crippen molar-refractivity contribution in [3.63, 3.8) is 0 Å². The van der Waals surface area contributed by atoms with Crippen molar-refractivity contribution < 1.29 is 4.79 Å². The van der Waals surface area contributed by atoms with Gasteiger partial charge in [-0.2, -0.15) is 0 Å². The van der Waals surface area contributed by atoms with E-state index in [0.717, 1.165) is 0 Å². The Morgan fingerprint density at radius 2 is 1.88 bits per heavy atom. The van der Waals surface area contributed by atoms with E-state index in [2.05, 4.69) is 36.6 Å². The molecule has 0 spiro atoms. The Kier molecular flexibility index (Phi) is 5.70. The van der Waals surface area contributed by atoms with Crippen molar-refractivity contribution >= 4 is 5.91 Å². The Bertz CT molecular complexity index is 335. The van der Waals surface area contributed by atoms with E-state index in [-0.39, 0.29) is 11.9 Å². The summed E-state index contributed by atoms with van der Waals surface area (Å²) in [6.45, 7) is 7.28. The third kappa shape index (κ3) is 4.57. The average Bonchev–Trinajstić information content (AvgIpc) is 2.30. The van der Waals surface area contributed by atoms with Gasteiger partial charge in [0.2, 0.25) is 5.91 Å². The molecule has 3 nitrogen and oxygen atoms in total. The van der Waals surface area contributed by atoms with Crippen LogP contribution in [0.3, 0.4) is 0 Å². The Balaban J connectivity index is 2.59. The first-order chi connectivity index (χ1) is 8.15. The van der Waals surface area contributed by atoms with E-state index in [4.69, 9.17) is 0 Å². The van der Waals surface area contributed by atoms with Crippen LogP contribution in [0.1, 0.15) is 32.4 Å². The molecule has 1 rings (SSSR count). The first-order valence-electron chi connectivity index (χ1n) is 6.20. The lowest BCUT2D eigenvalue weighted by atomic mass is 9.96. The van der Waals surface area contributed by atoms with E-state index in [9.17, 15) is 4.79 Å². The number of carbonyl (C=O) groups excluding carboxylic acids is 1. The van der Waals surface area contributed by atoms with Gasteiger partial charge in [0.05, 0.1) is 6.54 Å². The van der Waals surface area contributed by atoms with Gasteiger partial charge < -0.3 is 10.6 Å². The van der Waals surface area contributed by atoms with Crippen molar-refractivity contribution in [2.75, 3.05) is 13.1 Å². The number of nitrogens with one attached hydrogen (secondary N) is 2. The number of hydrogen-bond acceptors (Lipinski definition) is 2. The monoisotopic (exact) mass is 234 g/mol. The molecule has 0 aliphatic rings. The van der Waals surface area contributed by atoms with Gasteiger partial charge in [0.25, 0.3) is 0 Å². The van der Waals surface area contributed by atoms with Crippen LogP contribution in [0.15, 0.2) is 30.3 Å². The first-order valence-corrected chi connectivity index (χ1v) is 6.20. The summed E-state index contributed by atoms with van der Waals surface area (Å²) in [5.74, 6) is 0.501. The Morgan fingerprint density at radius 3 is 2.41 bits per heavy atom. The van der Waals surface area contributed by atoms with Crippen LogP contribution in [-0.2, 0) is 4.79 Å². The van der Waals surface area contributed by atoms with Crippen LogP contribution in [-0.4, -0.2) is 19.0 Å². The molecule has 0 heterocycles. The van der Waals surface area contributed by atoms with Crippen LogP contribution in [0.25, 0.3) is 0 Å². The summed E-state index contributed by atoms with van der Waals surface area (Å²) in [7, 11) is 0. The predicted molar refractivity (Wildman–Crippen MR) is 70.7 cm³/mol. The molecule has 94 valence electrons. The molecular weight excluding hydrogens is 212 g/mol. The maximum absolute atomic E-state index is 11.4. The second-order valence-electron chi connectivity index (χ2n) is 4.47. The number of rotatable bonds is 6. The topological polar surface area (TPSA) is 41.1 Å². The fourth-order valence-corrected chi connectivity index (χ4v) is 1.86. The van der Waals surface area contributed by atoms with Gasteiger partial charge in [-0.15, -0.1) is 0 Å². The van der Waals surface area contributed by atoms with E-state index >= 15 is 0 Å². The predicted octanol–water partition coefficient (Wildman–Crippen LogP) is 2.11. The second kappa shape index (κ2) is 7.07. The van der Waals surface area contributed by atoms with E-state index in [1.54, 1.807) is 0 Å². The molecule has 1 atom stereocenters. The van der Waals surface area contributed by atoms with Gasteiger partial charge in [-0.05, 0) is 18.4 Å². The number of carbonyl (C=O) groups is 1. The summed E-state index contributed by atoms with van der Waals surface area (Å²) in [6.07, 6.45) is 0. The van der Waals surface area contributed by atoms with Crippen molar-refractivity contribution in [1.82, 2.24) is 10.6 Å². The molecule has 0 saturated carbocycles. The van der Waals surface area contributed by atoms with E-state index in [0.29, 0.717) is 19.0 Å². The van der Waals surface area contributed by atoms with Gasteiger partial charge in [-0.25, -0.2) is 0 Å². The van der Waals surface area contributed by atoms with Gasteiger partial charge in [-0.1, -0.05) is 44.2 Å². The minimum absolute atomic E-state index is 0.0501. The normalized spacial score (nSPS) is 12.5. The molecule has 1 unspecified atom stereocenters. The van der Waals surface area contributed by atoms with Crippen molar-refractivity contribution in [3.05, 3.63) is 35.9 Å². The van der Waals surface area contributed by atoms with Gasteiger partial charge in [-0.3, -0.25) is 4.79 Å². The minimum Gasteiger partial charge on any atom is -0.355 e. The first kappa shape index (κ1) is 13.7. The number of likely N-dealkylation sites (N-methyl/N-ethyl adjacent to an activating group) is 1. The smallest absolute Gasteiger partial charge is 0.233 e. The highest BCUT2D eigenvalue weighted by atomic mass is 16.1. The zero-order valence-corrected chi connectivity index (χ0v) is 10.9. The number of hydrogen-bond donors (Lipinski definition) is 2. The van der Waals surface area contributed by atoms with Crippen LogP contribution >= 0.6 is 0 Å². The van der Waals surface area contributed by atoms with Crippen molar-refractivity contribution in [2.24, 2.45) is 5.92 Å². The Hall–Kier alpha value is -1.35. The van der Waals surface area contributed by atoms with Gasteiger partial charge in [0.1, 0.15) is 0 Å². The molecule has 0 aliphatic heterocycles. The lowest BCUT2D eigenvalue weighted by Gasteiger charge is -2.22. The van der Waals surface area contributed by atoms with Crippen LogP contribution in [0.2, 0.25) is 0 Å². The van der Waals surface area contributed by atoms with Crippen molar-refractivity contribution in [3.8, 4) is 0 Å². The molecular formula is C14H22N2O. The zero-order chi connectivity index (χ0) is 12.7. The highest BCUT2D eigenvalue weighted by Crippen LogP contribution is 2.20. The second-order valence-corrected chi connectivity index (χ2v) is 4.47. The highest BCUT2D eigenvalue weighted by molar-refractivity contribution is 5.77. The van der Waals surface area contributed by atoms with E-state index in [1.807, 2.05) is 25.1 Å². The molecule has 0 aliphatic carbocycles. The molecule has 1 amide bonds. The molecule has 0 fully saturated rings. The summed E-state index contributed by atoms with van der Waals surface area (Å²) >= 11 is 0. The van der Waals surface area contributed by atoms with Crippen LogP contribution < -0.4 is 10.6 Å². The third-order valence-corrected chi connectivity index (χ3v) is 2.68. The summed E-state index contributed by atoms with van der Waals surface area (Å²) in [6, 6.07) is 10.5. The molecule has 1 aromatic carbocycles. The van der Waals surface area contributed by atoms with Gasteiger partial charge >= 0.3 is 0 Å². The molecule has 2 N–H and O–H groups in total. The maximum Gasteiger partial charge on any atom is 0.233 e. The SMILES string of the molecule is CCNC(=O)CNC(c1ccccc1)C(C)C. The summed E-state index contributed by atoms with van der Waals surface area (Å²) in [4.78, 5) is 11.4. The highest BCUT2D eigenvalue weighted by Gasteiger charge is 2.15. The van der Waals surface area contributed by atoms with Crippen molar-refractivity contribution in [2.45, 2.75) is 26.8 Å². The molecule has 1 aromatic rings. The number of benzene rings is 1. The van der Waals surface area contributed by atoms with Gasteiger partial charge in [0, 0.05) is 12.6 Å². The van der Waals surface area contributed by atoms with E-state index < -0.39 is 0 Å². The fraction of sp³-hybridized carbons (Fsp3) is 0.500. The summed E-state index contributed by atoms with van der Waals surface area (Å²) in [5.41, 5.74) is 1.23. The molecule has 0 bridgehead atoms. The molecule has 0 saturated heterocycles.